The van der Waals surface area contributed by atoms with Gasteiger partial charge in [-0.25, -0.2) is 14.4 Å². The van der Waals surface area contributed by atoms with E-state index in [0.717, 1.165) is 32.4 Å². The maximum atomic E-state index is 13.3. The van der Waals surface area contributed by atoms with Crippen LogP contribution in [0, 0.1) is 26.6 Å². The minimum absolute atomic E-state index is 0.178. The molecule has 0 saturated heterocycles. The van der Waals surface area contributed by atoms with Crippen LogP contribution in [-0.2, 0) is 0 Å². The topological polar surface area (TPSA) is 71.7 Å². The molecule has 0 aliphatic carbocycles. The van der Waals surface area contributed by atoms with Gasteiger partial charge in [-0.05, 0) is 68.3 Å². The van der Waals surface area contributed by atoms with Gasteiger partial charge in [0.1, 0.15) is 17.0 Å². The number of aromatic nitrogens is 3. The van der Waals surface area contributed by atoms with Crippen molar-refractivity contribution < 1.29 is 9.18 Å². The van der Waals surface area contributed by atoms with E-state index in [1.807, 2.05) is 42.6 Å². The number of rotatable bonds is 5. The first-order chi connectivity index (χ1) is 16.0. The van der Waals surface area contributed by atoms with Gasteiger partial charge in [-0.15, -0.1) is 11.3 Å². The van der Waals surface area contributed by atoms with Crippen LogP contribution in [0.2, 0.25) is 0 Å². The van der Waals surface area contributed by atoms with Crippen molar-refractivity contribution in [2.75, 3.05) is 5.43 Å². The molecule has 0 amide bonds. The molecule has 6 nitrogen and oxygen atoms in total. The van der Waals surface area contributed by atoms with Gasteiger partial charge in [-0.3, -0.25) is 10.2 Å². The van der Waals surface area contributed by atoms with Crippen molar-refractivity contribution in [3.05, 3.63) is 93.6 Å². The molecule has 0 unspecified atom stereocenters. The van der Waals surface area contributed by atoms with Crippen LogP contribution in [0.3, 0.4) is 0 Å². The Balaban J connectivity index is 1.55. The molecule has 5 aromatic rings. The van der Waals surface area contributed by atoms with Crippen LogP contribution >= 0.6 is 11.3 Å². The predicted octanol–water partition coefficient (Wildman–Crippen LogP) is 5.69. The van der Waals surface area contributed by atoms with Crippen LogP contribution < -0.4 is 5.43 Å². The Morgan fingerprint density at radius 3 is 2.67 bits per heavy atom. The van der Waals surface area contributed by atoms with E-state index in [9.17, 15) is 9.18 Å². The summed E-state index contributed by atoms with van der Waals surface area (Å²) in [4.78, 5) is 24.1. The molecular weight excluding hydrogens is 437 g/mol. The highest BCUT2D eigenvalue weighted by Crippen LogP contribution is 2.32. The third kappa shape index (κ3) is 3.58. The number of aryl methyl sites for hydroxylation is 2. The molecule has 4 aromatic heterocycles. The number of ketones is 1. The lowest BCUT2D eigenvalue weighted by Gasteiger charge is -2.04. The van der Waals surface area contributed by atoms with Gasteiger partial charge in [-0.2, -0.15) is 5.10 Å². The number of thiophene rings is 1. The summed E-state index contributed by atoms with van der Waals surface area (Å²) in [5.41, 5.74) is 7.58. The molecule has 4 heterocycles. The quantitative estimate of drug-likeness (QED) is 0.209. The smallest absolute Gasteiger partial charge is 0.210 e. The summed E-state index contributed by atoms with van der Waals surface area (Å²) in [5, 5.41) is 5.41. The predicted molar refractivity (Wildman–Crippen MR) is 130 cm³/mol. The second kappa shape index (κ2) is 8.22. The first-order valence-electron chi connectivity index (χ1n) is 10.4. The first-order valence-corrected chi connectivity index (χ1v) is 11.2. The van der Waals surface area contributed by atoms with Crippen molar-refractivity contribution in [2.24, 2.45) is 5.10 Å². The van der Waals surface area contributed by atoms with Crippen LogP contribution in [0.25, 0.3) is 15.7 Å². The van der Waals surface area contributed by atoms with Crippen LogP contribution in [0.15, 0.2) is 60.1 Å². The number of nitrogens with one attached hydrogen (secondary N) is 1. The third-order valence-corrected chi connectivity index (χ3v) is 6.90. The van der Waals surface area contributed by atoms with Gasteiger partial charge in [0.25, 0.3) is 0 Å². The average Bonchev–Trinajstić information content (AvgIpc) is 3.27. The molecule has 0 fully saturated rings. The van der Waals surface area contributed by atoms with Gasteiger partial charge in [0, 0.05) is 22.2 Å². The van der Waals surface area contributed by atoms with Crippen LogP contribution in [-0.4, -0.2) is 26.4 Å². The highest BCUT2D eigenvalue weighted by molar-refractivity contribution is 7.18. The van der Waals surface area contributed by atoms with E-state index in [1.165, 1.54) is 35.5 Å². The van der Waals surface area contributed by atoms with E-state index < -0.39 is 0 Å². The average molecular weight is 458 g/mol. The van der Waals surface area contributed by atoms with Crippen molar-refractivity contribution in [1.29, 1.82) is 0 Å². The normalized spacial score (nSPS) is 11.6. The van der Waals surface area contributed by atoms with Gasteiger partial charge in [-0.1, -0.05) is 6.07 Å². The molecule has 5 rings (SSSR count). The number of anilines is 1. The molecule has 0 bridgehead atoms. The third-order valence-electron chi connectivity index (χ3n) is 5.79. The number of halogens is 1. The molecule has 0 saturated carbocycles. The zero-order valence-corrected chi connectivity index (χ0v) is 19.1. The Morgan fingerprint density at radius 2 is 1.88 bits per heavy atom. The van der Waals surface area contributed by atoms with Crippen LogP contribution in [0.1, 0.15) is 37.6 Å². The van der Waals surface area contributed by atoms with E-state index in [2.05, 4.69) is 27.4 Å². The van der Waals surface area contributed by atoms with E-state index in [-0.39, 0.29) is 11.6 Å². The molecule has 1 aromatic carbocycles. The fraction of sp³-hybridized carbons (Fsp3) is 0.120. The molecule has 164 valence electrons. The molecule has 0 aliphatic heterocycles. The van der Waals surface area contributed by atoms with Crippen molar-refractivity contribution in [1.82, 2.24) is 14.4 Å². The number of hydrogen-bond donors (Lipinski definition) is 1. The Kier molecular flexibility index (Phi) is 5.22. The number of benzene rings is 1. The second-order valence-electron chi connectivity index (χ2n) is 7.73. The van der Waals surface area contributed by atoms with Gasteiger partial charge < -0.3 is 4.40 Å². The number of pyridine rings is 1. The monoisotopic (exact) mass is 457 g/mol. The molecule has 33 heavy (non-hydrogen) atoms. The summed E-state index contributed by atoms with van der Waals surface area (Å²) in [6, 6.07) is 11.3. The standard InChI is InChI=1S/C25H20FN5OS/c1-14-16(3)33-25-21(14)24(27-13-28-25)30-29-12-19-15(2)22(31-11-5-4-6-20(19)31)23(32)17-7-9-18(26)10-8-17/h4-13H,1-3H3,(H,27,28,30)/b29-12-. The van der Waals surface area contributed by atoms with Crippen molar-refractivity contribution >= 4 is 44.9 Å². The van der Waals surface area contributed by atoms with E-state index in [0.29, 0.717) is 17.1 Å². The summed E-state index contributed by atoms with van der Waals surface area (Å²) >= 11 is 1.63. The van der Waals surface area contributed by atoms with Gasteiger partial charge >= 0.3 is 0 Å². The molecule has 8 heteroatoms. The van der Waals surface area contributed by atoms with E-state index >= 15 is 0 Å². The zero-order chi connectivity index (χ0) is 23.1. The first kappa shape index (κ1) is 21.0. The molecule has 0 atom stereocenters. The van der Waals surface area contributed by atoms with Gasteiger partial charge in [0.05, 0.1) is 22.8 Å². The lowest BCUT2D eigenvalue weighted by Crippen LogP contribution is -2.07. The Hall–Kier alpha value is -3.91. The lowest BCUT2D eigenvalue weighted by molar-refractivity contribution is 0.103. The van der Waals surface area contributed by atoms with Gasteiger partial charge in [0.15, 0.2) is 5.82 Å². The second-order valence-corrected chi connectivity index (χ2v) is 8.94. The van der Waals surface area contributed by atoms with E-state index in [1.54, 1.807) is 17.6 Å². The Morgan fingerprint density at radius 1 is 1.09 bits per heavy atom. The maximum Gasteiger partial charge on any atom is 0.210 e. The summed E-state index contributed by atoms with van der Waals surface area (Å²) in [6.45, 7) is 6.00. The maximum absolute atomic E-state index is 13.3. The minimum Gasteiger partial charge on any atom is -0.313 e. The number of fused-ring (bicyclic) bond motifs is 2. The Labute approximate surface area is 193 Å². The van der Waals surface area contributed by atoms with Gasteiger partial charge in [0.2, 0.25) is 5.78 Å². The summed E-state index contributed by atoms with van der Waals surface area (Å²) in [6.07, 6.45) is 5.07. The number of hydrazone groups is 1. The number of nitrogens with zero attached hydrogens (tertiary/aromatic N) is 4. The number of carbonyl (C=O) groups is 1. The summed E-state index contributed by atoms with van der Waals surface area (Å²) < 4.78 is 15.2. The number of carbonyl (C=O) groups excluding carboxylic acids is 1. The van der Waals surface area contributed by atoms with Crippen LogP contribution in [0.4, 0.5) is 10.2 Å². The molecular formula is C25H20FN5OS. The van der Waals surface area contributed by atoms with Crippen LogP contribution in [0.5, 0.6) is 0 Å². The van der Waals surface area contributed by atoms with E-state index in [4.69, 9.17) is 0 Å². The molecule has 0 radical (unpaired) electrons. The van der Waals surface area contributed by atoms with Crippen molar-refractivity contribution in [3.63, 3.8) is 0 Å². The number of hydrogen-bond acceptors (Lipinski definition) is 6. The summed E-state index contributed by atoms with van der Waals surface area (Å²) in [7, 11) is 0. The lowest BCUT2D eigenvalue weighted by atomic mass is 10.0. The van der Waals surface area contributed by atoms with Crippen molar-refractivity contribution in [2.45, 2.75) is 20.8 Å². The highest BCUT2D eigenvalue weighted by atomic mass is 32.1. The van der Waals surface area contributed by atoms with Crippen molar-refractivity contribution in [3.8, 4) is 0 Å². The minimum atomic E-state index is -0.378. The zero-order valence-electron chi connectivity index (χ0n) is 18.3. The largest absolute Gasteiger partial charge is 0.313 e. The highest BCUT2D eigenvalue weighted by Gasteiger charge is 2.21. The fourth-order valence-electron chi connectivity index (χ4n) is 3.96. The summed E-state index contributed by atoms with van der Waals surface area (Å²) in [5.74, 6) is 0.0853. The fourth-order valence-corrected chi connectivity index (χ4v) is 4.96. The molecule has 0 spiro atoms. The molecule has 1 N–H and O–H groups in total. The SMILES string of the molecule is Cc1sc2ncnc(N/N=C\c3c(C)c(C(=O)c4ccc(F)cc4)n4ccccc34)c2c1C. The molecule has 0 aliphatic rings. The Bertz CT molecular complexity index is 1550.